The van der Waals surface area contributed by atoms with Gasteiger partial charge in [-0.2, -0.15) is 0 Å². The lowest BCUT2D eigenvalue weighted by atomic mass is 10.3. The molecule has 0 saturated heterocycles. The molecule has 0 aromatic heterocycles. The van der Waals surface area contributed by atoms with Gasteiger partial charge < -0.3 is 0 Å². The minimum absolute atomic E-state index is 0.863. The van der Waals surface area contributed by atoms with Crippen LogP contribution in [0.5, 0.6) is 0 Å². The molecule has 0 heteroatoms. The van der Waals surface area contributed by atoms with Crippen LogP contribution >= 0.6 is 0 Å². The zero-order valence-corrected chi connectivity index (χ0v) is 7.98. The summed E-state index contributed by atoms with van der Waals surface area (Å²) in [6.07, 6.45) is 7.77. The molecule has 0 rings (SSSR count). The summed E-state index contributed by atoms with van der Waals surface area (Å²) in [5.41, 5.74) is 0. The molecular formula is C12H16. The quantitative estimate of drug-likeness (QED) is 0.430. The number of hydrogen-bond donors (Lipinski definition) is 0. The average molecular weight is 160 g/mol. The van der Waals surface area contributed by atoms with Crippen molar-refractivity contribution in [3.63, 3.8) is 0 Å². The molecule has 0 radical (unpaired) electrons. The lowest BCUT2D eigenvalue weighted by Crippen LogP contribution is -1.62. The molecule has 0 aliphatic carbocycles. The first kappa shape index (κ1) is 10.9. The second kappa shape index (κ2) is 9.86. The molecule has 0 fully saturated rings. The fraction of sp³-hybridized carbons (Fsp3) is 0.500. The highest BCUT2D eigenvalue weighted by Gasteiger charge is 1.69. The number of hydrogen-bond acceptors (Lipinski definition) is 0. The molecule has 0 bridgehead atoms. The normalized spacial score (nSPS) is 8.50. The Bertz CT molecular complexity index is 198. The Hall–Kier alpha value is -1.14. The van der Waals surface area contributed by atoms with Crippen LogP contribution in [0.3, 0.4) is 0 Å². The lowest BCUT2D eigenvalue weighted by Gasteiger charge is -1.77. The van der Waals surface area contributed by atoms with E-state index < -0.39 is 0 Å². The minimum atomic E-state index is 0.863. The van der Waals surface area contributed by atoms with E-state index in [0.29, 0.717) is 0 Å². The molecule has 0 saturated carbocycles. The van der Waals surface area contributed by atoms with E-state index in [1.807, 2.05) is 0 Å². The second-order valence-electron chi connectivity index (χ2n) is 2.29. The Morgan fingerprint density at radius 2 is 1.17 bits per heavy atom. The maximum Gasteiger partial charge on any atom is 0.0270 e. The van der Waals surface area contributed by atoms with E-state index >= 15 is 0 Å². The second-order valence-corrected chi connectivity index (χ2v) is 2.29. The summed E-state index contributed by atoms with van der Waals surface area (Å²) in [4.78, 5) is 0. The molecule has 0 nitrogen and oxygen atoms in total. The van der Waals surface area contributed by atoms with Crippen LogP contribution in [0.1, 0.15) is 39.5 Å². The van der Waals surface area contributed by atoms with Gasteiger partial charge in [0.25, 0.3) is 0 Å². The molecule has 0 heterocycles. The molecule has 0 spiro atoms. The van der Waals surface area contributed by atoms with E-state index in [4.69, 9.17) is 0 Å². The zero-order chi connectivity index (χ0) is 9.07. The van der Waals surface area contributed by atoms with Crippen LogP contribution in [0, 0.1) is 23.7 Å². The summed E-state index contributed by atoms with van der Waals surface area (Å²) in [7, 11) is 0. The van der Waals surface area contributed by atoms with Crippen LogP contribution < -0.4 is 0 Å². The average Bonchev–Trinajstić information content (AvgIpc) is 2.10. The first-order valence-electron chi connectivity index (χ1n) is 4.48. The molecule has 0 aliphatic heterocycles. The Labute approximate surface area is 76.1 Å². The molecule has 0 atom stereocenters. The maximum atomic E-state index is 3.04. The topological polar surface area (TPSA) is 0 Å². The van der Waals surface area contributed by atoms with Crippen molar-refractivity contribution >= 4 is 0 Å². The van der Waals surface area contributed by atoms with Crippen molar-refractivity contribution in [1.29, 1.82) is 0 Å². The molecular weight excluding hydrogens is 144 g/mol. The van der Waals surface area contributed by atoms with E-state index in [0.717, 1.165) is 25.7 Å². The predicted octanol–water partition coefficient (Wildman–Crippen LogP) is 3.15. The fourth-order valence-corrected chi connectivity index (χ4v) is 0.679. The third-order valence-corrected chi connectivity index (χ3v) is 1.21. The van der Waals surface area contributed by atoms with Gasteiger partial charge in [0, 0.05) is 25.7 Å². The van der Waals surface area contributed by atoms with E-state index in [1.54, 1.807) is 0 Å². The summed E-state index contributed by atoms with van der Waals surface area (Å²) in [5.74, 6) is 12.1. The lowest BCUT2D eigenvalue weighted by molar-refractivity contribution is 1.26. The SMILES string of the molecule is CCC#CC/C=C/CC#CCC. The highest BCUT2D eigenvalue weighted by Crippen LogP contribution is 1.85. The van der Waals surface area contributed by atoms with Gasteiger partial charge in [0.15, 0.2) is 0 Å². The van der Waals surface area contributed by atoms with E-state index in [2.05, 4.69) is 49.7 Å². The number of rotatable bonds is 2. The van der Waals surface area contributed by atoms with Crippen molar-refractivity contribution in [2.24, 2.45) is 0 Å². The monoisotopic (exact) mass is 160 g/mol. The Morgan fingerprint density at radius 3 is 1.50 bits per heavy atom. The van der Waals surface area contributed by atoms with E-state index in [-0.39, 0.29) is 0 Å². The van der Waals surface area contributed by atoms with E-state index in [9.17, 15) is 0 Å². The summed E-state index contributed by atoms with van der Waals surface area (Å²) >= 11 is 0. The van der Waals surface area contributed by atoms with E-state index in [1.165, 1.54) is 0 Å². The van der Waals surface area contributed by atoms with Crippen LogP contribution in [0.25, 0.3) is 0 Å². The van der Waals surface area contributed by atoms with Gasteiger partial charge in [0.05, 0.1) is 0 Å². The molecule has 0 aliphatic rings. The fourth-order valence-electron chi connectivity index (χ4n) is 0.679. The van der Waals surface area contributed by atoms with Gasteiger partial charge in [0.1, 0.15) is 0 Å². The summed E-state index contributed by atoms with van der Waals surface area (Å²) in [5, 5.41) is 0. The third kappa shape index (κ3) is 8.86. The number of allylic oxidation sites excluding steroid dienone is 2. The van der Waals surface area contributed by atoms with Gasteiger partial charge >= 0.3 is 0 Å². The van der Waals surface area contributed by atoms with Gasteiger partial charge in [-0.15, -0.1) is 11.8 Å². The van der Waals surface area contributed by atoms with Crippen LogP contribution in [-0.4, -0.2) is 0 Å². The Balaban J connectivity index is 3.37. The van der Waals surface area contributed by atoms with Crippen LogP contribution in [0.2, 0.25) is 0 Å². The highest BCUT2D eigenvalue weighted by molar-refractivity contribution is 5.08. The maximum absolute atomic E-state index is 3.04. The zero-order valence-electron chi connectivity index (χ0n) is 7.98. The van der Waals surface area contributed by atoms with Gasteiger partial charge in [-0.3, -0.25) is 0 Å². The van der Waals surface area contributed by atoms with Crippen molar-refractivity contribution in [3.05, 3.63) is 12.2 Å². The Kier molecular flexibility index (Phi) is 8.92. The largest absolute Gasteiger partial charge is 0.103 e. The molecule has 0 aromatic carbocycles. The minimum Gasteiger partial charge on any atom is -0.103 e. The van der Waals surface area contributed by atoms with Crippen LogP contribution in [-0.2, 0) is 0 Å². The van der Waals surface area contributed by atoms with Gasteiger partial charge in [0.2, 0.25) is 0 Å². The third-order valence-electron chi connectivity index (χ3n) is 1.21. The summed E-state index contributed by atoms with van der Waals surface area (Å²) in [6, 6.07) is 0. The van der Waals surface area contributed by atoms with Crippen molar-refractivity contribution in [1.82, 2.24) is 0 Å². The molecule has 0 amide bonds. The van der Waals surface area contributed by atoms with Crippen molar-refractivity contribution in [2.45, 2.75) is 39.5 Å². The van der Waals surface area contributed by atoms with Gasteiger partial charge in [-0.1, -0.05) is 37.8 Å². The van der Waals surface area contributed by atoms with Gasteiger partial charge in [-0.05, 0) is 0 Å². The molecule has 12 heavy (non-hydrogen) atoms. The van der Waals surface area contributed by atoms with Crippen LogP contribution in [0.15, 0.2) is 12.2 Å². The van der Waals surface area contributed by atoms with Crippen LogP contribution in [0.4, 0.5) is 0 Å². The van der Waals surface area contributed by atoms with Gasteiger partial charge in [-0.25, -0.2) is 0 Å². The molecule has 0 unspecified atom stereocenters. The van der Waals surface area contributed by atoms with Crippen molar-refractivity contribution in [3.8, 4) is 23.7 Å². The van der Waals surface area contributed by atoms with Crippen molar-refractivity contribution in [2.75, 3.05) is 0 Å². The molecule has 0 N–H and O–H groups in total. The summed E-state index contributed by atoms with van der Waals surface area (Å²) < 4.78 is 0. The standard InChI is InChI=1S/C12H16/c1-3-5-7-9-11-12-10-8-6-4-2/h11-12H,3-4,9-10H2,1-2H3/b12-11+. The first-order valence-corrected chi connectivity index (χ1v) is 4.48. The Morgan fingerprint density at radius 1 is 0.750 bits per heavy atom. The first-order chi connectivity index (χ1) is 5.91. The smallest absolute Gasteiger partial charge is 0.0270 e. The van der Waals surface area contributed by atoms with Crippen molar-refractivity contribution < 1.29 is 0 Å². The summed E-state index contributed by atoms with van der Waals surface area (Å²) in [6.45, 7) is 4.12. The molecule has 0 aromatic rings. The predicted molar refractivity (Wildman–Crippen MR) is 54.5 cm³/mol. The highest BCUT2D eigenvalue weighted by atomic mass is 13.7. The molecule has 64 valence electrons.